The van der Waals surface area contributed by atoms with Gasteiger partial charge in [0.1, 0.15) is 0 Å². The van der Waals surface area contributed by atoms with Crippen LogP contribution in [0.5, 0.6) is 0 Å². The molecule has 1 aliphatic carbocycles. The van der Waals surface area contributed by atoms with Crippen LogP contribution in [0, 0.1) is 17.8 Å². The van der Waals surface area contributed by atoms with E-state index in [2.05, 4.69) is 10.2 Å². The number of halogens is 1. The molecule has 0 aromatic heterocycles. The summed E-state index contributed by atoms with van der Waals surface area (Å²) in [4.78, 5) is 14.0. The second-order valence-corrected chi connectivity index (χ2v) is 5.46. The fraction of sp³-hybridized carbons (Fsp3) is 0.917. The van der Waals surface area contributed by atoms with Crippen molar-refractivity contribution >= 4 is 18.3 Å². The van der Waals surface area contributed by atoms with E-state index < -0.39 is 0 Å². The number of fused-ring (bicyclic) bond motifs is 1. The number of carbonyl (C=O) groups is 1. The summed E-state index contributed by atoms with van der Waals surface area (Å²) in [5.74, 6) is 2.79. The Hall–Kier alpha value is -0.280. The third-order valence-electron chi connectivity index (χ3n) is 4.21. The summed E-state index contributed by atoms with van der Waals surface area (Å²) in [5.41, 5.74) is 0. The zero-order valence-electron chi connectivity index (χ0n) is 9.65. The van der Waals surface area contributed by atoms with Crippen LogP contribution in [0.4, 0.5) is 0 Å². The van der Waals surface area contributed by atoms with E-state index in [9.17, 15) is 4.79 Å². The SMILES string of the molecule is Cl.O=C(CCC1CC1)N1C[C@H]2CNC[C@H]2C1. The van der Waals surface area contributed by atoms with Crippen molar-refractivity contribution in [3.63, 3.8) is 0 Å². The quantitative estimate of drug-likeness (QED) is 0.811. The Labute approximate surface area is 103 Å². The predicted octanol–water partition coefficient (Wildman–Crippen LogP) is 1.28. The lowest BCUT2D eigenvalue weighted by molar-refractivity contribution is -0.130. The molecule has 0 bridgehead atoms. The van der Waals surface area contributed by atoms with Gasteiger partial charge in [0.2, 0.25) is 5.91 Å². The van der Waals surface area contributed by atoms with E-state index in [1.54, 1.807) is 0 Å². The second-order valence-electron chi connectivity index (χ2n) is 5.46. The molecule has 3 rings (SSSR count). The molecule has 92 valence electrons. The molecule has 3 aliphatic rings. The minimum absolute atomic E-state index is 0. The highest BCUT2D eigenvalue weighted by Crippen LogP contribution is 2.34. The molecule has 2 saturated heterocycles. The van der Waals surface area contributed by atoms with Crippen molar-refractivity contribution in [1.82, 2.24) is 10.2 Å². The van der Waals surface area contributed by atoms with Gasteiger partial charge in [-0.2, -0.15) is 0 Å². The summed E-state index contributed by atoms with van der Waals surface area (Å²) in [6.45, 7) is 4.27. The molecule has 3 fully saturated rings. The van der Waals surface area contributed by atoms with Crippen molar-refractivity contribution < 1.29 is 4.79 Å². The predicted molar refractivity (Wildman–Crippen MR) is 65.6 cm³/mol. The number of nitrogens with zero attached hydrogens (tertiary/aromatic N) is 1. The molecule has 0 spiro atoms. The number of amides is 1. The summed E-state index contributed by atoms with van der Waals surface area (Å²) in [6.07, 6.45) is 4.67. The first-order chi connectivity index (χ1) is 7.33. The van der Waals surface area contributed by atoms with Gasteiger partial charge in [-0.05, 0) is 24.2 Å². The summed E-state index contributed by atoms with van der Waals surface area (Å²) in [5, 5.41) is 3.41. The molecule has 2 aliphatic heterocycles. The van der Waals surface area contributed by atoms with Crippen molar-refractivity contribution in [2.75, 3.05) is 26.2 Å². The van der Waals surface area contributed by atoms with Crippen molar-refractivity contribution in [3.05, 3.63) is 0 Å². The number of likely N-dealkylation sites (tertiary alicyclic amines) is 1. The summed E-state index contributed by atoms with van der Waals surface area (Å²) in [6, 6.07) is 0. The van der Waals surface area contributed by atoms with E-state index >= 15 is 0 Å². The number of rotatable bonds is 3. The van der Waals surface area contributed by atoms with E-state index in [0.717, 1.165) is 56.8 Å². The highest BCUT2D eigenvalue weighted by Gasteiger charge is 2.38. The molecule has 0 unspecified atom stereocenters. The lowest BCUT2D eigenvalue weighted by Gasteiger charge is -2.17. The smallest absolute Gasteiger partial charge is 0.222 e. The van der Waals surface area contributed by atoms with Crippen LogP contribution < -0.4 is 5.32 Å². The van der Waals surface area contributed by atoms with Crippen LogP contribution in [0.15, 0.2) is 0 Å². The molecule has 0 radical (unpaired) electrons. The van der Waals surface area contributed by atoms with Crippen molar-refractivity contribution in [3.8, 4) is 0 Å². The third kappa shape index (κ3) is 2.51. The molecular weight excluding hydrogens is 224 g/mol. The fourth-order valence-electron chi connectivity index (χ4n) is 2.95. The van der Waals surface area contributed by atoms with Crippen LogP contribution in [0.25, 0.3) is 0 Å². The van der Waals surface area contributed by atoms with Gasteiger partial charge in [-0.25, -0.2) is 0 Å². The standard InChI is InChI=1S/C12H20N2O.ClH/c15-12(4-3-9-1-2-9)14-7-10-5-13-6-11(10)8-14;/h9-11,13H,1-8H2;1H/t10-,11+;. The maximum Gasteiger partial charge on any atom is 0.222 e. The van der Waals surface area contributed by atoms with E-state index in [4.69, 9.17) is 0 Å². The third-order valence-corrected chi connectivity index (χ3v) is 4.21. The maximum atomic E-state index is 11.9. The zero-order chi connectivity index (χ0) is 10.3. The van der Waals surface area contributed by atoms with Gasteiger partial charge in [0.15, 0.2) is 0 Å². The van der Waals surface area contributed by atoms with Crippen LogP contribution in [0.1, 0.15) is 25.7 Å². The Morgan fingerprint density at radius 3 is 2.38 bits per heavy atom. The van der Waals surface area contributed by atoms with Gasteiger partial charge in [0.05, 0.1) is 0 Å². The molecule has 1 saturated carbocycles. The van der Waals surface area contributed by atoms with Gasteiger partial charge in [0, 0.05) is 32.6 Å². The molecular formula is C12H21ClN2O. The second kappa shape index (κ2) is 4.92. The molecule has 2 atom stereocenters. The lowest BCUT2D eigenvalue weighted by atomic mass is 10.0. The summed E-state index contributed by atoms with van der Waals surface area (Å²) < 4.78 is 0. The topological polar surface area (TPSA) is 32.3 Å². The van der Waals surface area contributed by atoms with Gasteiger partial charge < -0.3 is 10.2 Å². The molecule has 0 aromatic carbocycles. The fourth-order valence-corrected chi connectivity index (χ4v) is 2.95. The average molecular weight is 245 g/mol. The van der Waals surface area contributed by atoms with Crippen LogP contribution in [-0.2, 0) is 4.79 Å². The molecule has 1 N–H and O–H groups in total. The Morgan fingerprint density at radius 2 is 1.81 bits per heavy atom. The minimum Gasteiger partial charge on any atom is -0.342 e. The first-order valence-electron chi connectivity index (χ1n) is 6.31. The van der Waals surface area contributed by atoms with Gasteiger partial charge >= 0.3 is 0 Å². The van der Waals surface area contributed by atoms with Crippen LogP contribution >= 0.6 is 12.4 Å². The van der Waals surface area contributed by atoms with Crippen LogP contribution in [-0.4, -0.2) is 37.0 Å². The summed E-state index contributed by atoms with van der Waals surface area (Å²) in [7, 11) is 0. The van der Waals surface area contributed by atoms with Gasteiger partial charge in [0.25, 0.3) is 0 Å². The first-order valence-corrected chi connectivity index (χ1v) is 6.31. The summed E-state index contributed by atoms with van der Waals surface area (Å²) >= 11 is 0. The van der Waals surface area contributed by atoms with Crippen LogP contribution in [0.3, 0.4) is 0 Å². The first kappa shape index (κ1) is 12.2. The van der Waals surface area contributed by atoms with E-state index in [1.807, 2.05) is 0 Å². The Morgan fingerprint density at radius 1 is 1.19 bits per heavy atom. The Balaban J connectivity index is 0.000000963. The Bertz CT molecular complexity index is 256. The van der Waals surface area contributed by atoms with Gasteiger partial charge in [-0.1, -0.05) is 12.8 Å². The largest absolute Gasteiger partial charge is 0.342 e. The number of hydrogen-bond acceptors (Lipinski definition) is 2. The van der Waals surface area contributed by atoms with Crippen LogP contribution in [0.2, 0.25) is 0 Å². The molecule has 4 heteroatoms. The molecule has 16 heavy (non-hydrogen) atoms. The highest BCUT2D eigenvalue weighted by atomic mass is 35.5. The van der Waals surface area contributed by atoms with Crippen molar-refractivity contribution in [2.24, 2.45) is 17.8 Å². The minimum atomic E-state index is 0. The average Bonchev–Trinajstić information content (AvgIpc) is 2.79. The monoisotopic (exact) mass is 244 g/mol. The molecule has 2 heterocycles. The number of hydrogen-bond donors (Lipinski definition) is 1. The molecule has 1 amide bonds. The highest BCUT2D eigenvalue weighted by molar-refractivity contribution is 5.85. The molecule has 0 aromatic rings. The van der Waals surface area contributed by atoms with Crippen molar-refractivity contribution in [2.45, 2.75) is 25.7 Å². The maximum absolute atomic E-state index is 11.9. The van der Waals surface area contributed by atoms with E-state index in [1.165, 1.54) is 12.8 Å². The van der Waals surface area contributed by atoms with E-state index in [0.29, 0.717) is 5.91 Å². The van der Waals surface area contributed by atoms with Crippen molar-refractivity contribution in [1.29, 1.82) is 0 Å². The number of nitrogens with one attached hydrogen (secondary N) is 1. The van der Waals surface area contributed by atoms with Gasteiger partial charge in [-0.3, -0.25) is 4.79 Å². The zero-order valence-corrected chi connectivity index (χ0v) is 10.5. The molecule has 3 nitrogen and oxygen atoms in total. The Kier molecular flexibility index (Phi) is 3.75. The number of carbonyl (C=O) groups excluding carboxylic acids is 1. The lowest BCUT2D eigenvalue weighted by Crippen LogP contribution is -2.31. The van der Waals surface area contributed by atoms with Gasteiger partial charge in [-0.15, -0.1) is 12.4 Å². The normalized spacial score (nSPS) is 32.4. The van der Waals surface area contributed by atoms with E-state index in [-0.39, 0.29) is 12.4 Å².